The first-order valence-electron chi connectivity index (χ1n) is 9.93. The lowest BCUT2D eigenvalue weighted by atomic mass is 10.2. The third-order valence-corrected chi connectivity index (χ3v) is 7.82. The van der Waals surface area contributed by atoms with Crippen molar-refractivity contribution in [3.63, 3.8) is 0 Å². The fourth-order valence-electron chi connectivity index (χ4n) is 3.78. The molecule has 162 valence electrons. The lowest BCUT2D eigenvalue weighted by Crippen LogP contribution is -2.44. The number of nitrogens with zero attached hydrogens (tertiary/aromatic N) is 4. The molecule has 0 aliphatic carbocycles. The normalized spacial score (nSPS) is 19.7. The number of carbonyl (C=O) groups is 1. The van der Waals surface area contributed by atoms with Crippen LogP contribution in [0.25, 0.3) is 0 Å². The van der Waals surface area contributed by atoms with E-state index < -0.39 is 16.0 Å². The van der Waals surface area contributed by atoms with Crippen LogP contribution >= 0.6 is 11.6 Å². The van der Waals surface area contributed by atoms with Crippen molar-refractivity contribution >= 4 is 27.7 Å². The van der Waals surface area contributed by atoms with Crippen molar-refractivity contribution in [3.8, 4) is 0 Å². The van der Waals surface area contributed by atoms with Gasteiger partial charge in [-0.1, -0.05) is 17.7 Å². The van der Waals surface area contributed by atoms with Gasteiger partial charge in [-0.3, -0.25) is 9.69 Å². The summed E-state index contributed by atoms with van der Waals surface area (Å²) in [6.45, 7) is 3.65. The fraction of sp³-hybridized carbons (Fsp3) is 0.632. The summed E-state index contributed by atoms with van der Waals surface area (Å²) in [6.07, 6.45) is 2.74. The van der Waals surface area contributed by atoms with E-state index in [1.807, 2.05) is 9.80 Å². The second-order valence-corrected chi connectivity index (χ2v) is 10.0. The molecule has 1 amide bonds. The minimum absolute atomic E-state index is 0.116. The van der Waals surface area contributed by atoms with Crippen molar-refractivity contribution in [1.82, 2.24) is 18.4 Å². The molecule has 2 aliphatic rings. The van der Waals surface area contributed by atoms with E-state index in [0.717, 1.165) is 30.2 Å². The van der Waals surface area contributed by atoms with Gasteiger partial charge in [-0.25, -0.2) is 4.39 Å². The second kappa shape index (κ2) is 9.70. The van der Waals surface area contributed by atoms with Gasteiger partial charge in [0.15, 0.2) is 0 Å². The molecule has 29 heavy (non-hydrogen) atoms. The van der Waals surface area contributed by atoms with E-state index in [1.165, 1.54) is 23.5 Å². The van der Waals surface area contributed by atoms with Crippen LogP contribution in [0.1, 0.15) is 24.8 Å². The molecule has 1 aromatic carbocycles. The topological polar surface area (TPSA) is 64.2 Å². The van der Waals surface area contributed by atoms with E-state index >= 15 is 0 Å². The average Bonchev–Trinajstić information content (AvgIpc) is 3.11. The van der Waals surface area contributed by atoms with Gasteiger partial charge in [-0.05, 0) is 37.9 Å². The van der Waals surface area contributed by atoms with Crippen LogP contribution in [0.2, 0.25) is 5.02 Å². The summed E-state index contributed by atoms with van der Waals surface area (Å²) in [4.78, 5) is 16.3. The summed E-state index contributed by atoms with van der Waals surface area (Å²) in [5.74, 6) is -0.410. The first-order chi connectivity index (χ1) is 13.8. The molecule has 2 saturated heterocycles. The van der Waals surface area contributed by atoms with Gasteiger partial charge in [0.25, 0.3) is 10.2 Å². The van der Waals surface area contributed by atoms with Gasteiger partial charge in [0.1, 0.15) is 5.82 Å². The van der Waals surface area contributed by atoms with Gasteiger partial charge in [0, 0.05) is 56.9 Å². The maximum atomic E-state index is 14.0. The van der Waals surface area contributed by atoms with E-state index in [1.54, 1.807) is 6.07 Å². The molecular formula is C19H28ClFN4O3S. The van der Waals surface area contributed by atoms with Crippen LogP contribution < -0.4 is 0 Å². The quantitative estimate of drug-likeness (QED) is 0.668. The van der Waals surface area contributed by atoms with Crippen molar-refractivity contribution in [2.75, 3.05) is 52.9 Å². The fourth-order valence-corrected chi connectivity index (χ4v) is 5.36. The third-order valence-electron chi connectivity index (χ3n) is 5.53. The van der Waals surface area contributed by atoms with Crippen molar-refractivity contribution in [1.29, 1.82) is 0 Å². The molecule has 2 aliphatic heterocycles. The highest BCUT2D eigenvalue weighted by atomic mass is 35.5. The summed E-state index contributed by atoms with van der Waals surface area (Å²) in [5.41, 5.74) is 0.160. The zero-order valence-corrected chi connectivity index (χ0v) is 18.3. The minimum atomic E-state index is -3.77. The molecule has 0 aromatic heterocycles. The molecule has 0 unspecified atom stereocenters. The predicted octanol–water partition coefficient (Wildman–Crippen LogP) is 1.79. The van der Waals surface area contributed by atoms with Crippen LogP contribution in [-0.4, -0.2) is 85.6 Å². The maximum Gasteiger partial charge on any atom is 0.282 e. The number of hydrogen-bond acceptors (Lipinski definition) is 4. The molecule has 3 rings (SSSR count). The zero-order valence-electron chi connectivity index (χ0n) is 16.7. The minimum Gasteiger partial charge on any atom is -0.342 e. The van der Waals surface area contributed by atoms with Gasteiger partial charge in [0.2, 0.25) is 5.91 Å². The molecule has 0 atom stereocenters. The number of likely N-dealkylation sites (tertiary alicyclic amines) is 1. The Morgan fingerprint density at radius 1 is 1.10 bits per heavy atom. The van der Waals surface area contributed by atoms with Crippen LogP contribution in [0.15, 0.2) is 18.2 Å². The number of benzene rings is 1. The predicted molar refractivity (Wildman–Crippen MR) is 110 cm³/mol. The molecule has 1 aromatic rings. The molecule has 0 bridgehead atoms. The molecule has 0 N–H and O–H groups in total. The standard InChI is InChI=1S/C19H28ClFN4O3S/c1-22(14-16-17(20)6-4-7-18(16)21)29(27,28)25-11-5-8-23(12-13-25)15-19(26)24-9-2-3-10-24/h4,6-7H,2-3,5,8-15H2,1H3. The van der Waals surface area contributed by atoms with Crippen LogP contribution in [0.3, 0.4) is 0 Å². The van der Waals surface area contributed by atoms with E-state index in [4.69, 9.17) is 11.6 Å². The highest BCUT2D eigenvalue weighted by Crippen LogP contribution is 2.22. The number of halogens is 2. The smallest absolute Gasteiger partial charge is 0.282 e. The Bertz CT molecular complexity index is 812. The van der Waals surface area contributed by atoms with Crippen molar-refractivity contribution in [3.05, 3.63) is 34.6 Å². The largest absolute Gasteiger partial charge is 0.342 e. The van der Waals surface area contributed by atoms with E-state index in [-0.39, 0.29) is 23.0 Å². The summed E-state index contributed by atoms with van der Waals surface area (Å²) in [7, 11) is -2.34. The highest BCUT2D eigenvalue weighted by Gasteiger charge is 2.30. The number of carbonyl (C=O) groups excluding carboxylic acids is 1. The molecule has 0 radical (unpaired) electrons. The Morgan fingerprint density at radius 2 is 1.83 bits per heavy atom. The van der Waals surface area contributed by atoms with Gasteiger partial charge < -0.3 is 4.90 Å². The van der Waals surface area contributed by atoms with Crippen LogP contribution in [0.4, 0.5) is 4.39 Å². The van der Waals surface area contributed by atoms with Crippen LogP contribution in [0.5, 0.6) is 0 Å². The molecule has 10 heteroatoms. The lowest BCUT2D eigenvalue weighted by molar-refractivity contribution is -0.131. The Morgan fingerprint density at radius 3 is 2.52 bits per heavy atom. The van der Waals surface area contributed by atoms with E-state index in [0.29, 0.717) is 39.1 Å². The zero-order chi connectivity index (χ0) is 21.0. The number of hydrogen-bond donors (Lipinski definition) is 0. The monoisotopic (exact) mass is 446 g/mol. The highest BCUT2D eigenvalue weighted by molar-refractivity contribution is 7.86. The van der Waals surface area contributed by atoms with Gasteiger partial charge in [-0.2, -0.15) is 17.0 Å². The molecule has 2 fully saturated rings. The second-order valence-electron chi connectivity index (χ2n) is 7.58. The van der Waals surface area contributed by atoms with Gasteiger partial charge >= 0.3 is 0 Å². The Balaban J connectivity index is 1.60. The molecular weight excluding hydrogens is 419 g/mol. The summed E-state index contributed by atoms with van der Waals surface area (Å²) in [5, 5.41) is 0.203. The van der Waals surface area contributed by atoms with Crippen molar-refractivity contribution in [2.45, 2.75) is 25.8 Å². The van der Waals surface area contributed by atoms with Gasteiger partial charge in [-0.15, -0.1) is 0 Å². The first kappa shape index (κ1) is 22.4. The number of rotatable bonds is 6. The van der Waals surface area contributed by atoms with Crippen molar-refractivity contribution < 1.29 is 17.6 Å². The summed E-state index contributed by atoms with van der Waals surface area (Å²) >= 11 is 6.04. The lowest BCUT2D eigenvalue weighted by Gasteiger charge is -2.27. The third kappa shape index (κ3) is 5.46. The SMILES string of the molecule is CN(Cc1c(F)cccc1Cl)S(=O)(=O)N1CCCN(CC(=O)N2CCCC2)CC1. The van der Waals surface area contributed by atoms with Crippen molar-refractivity contribution in [2.24, 2.45) is 0 Å². The van der Waals surface area contributed by atoms with Crippen LogP contribution in [-0.2, 0) is 21.5 Å². The summed E-state index contributed by atoms with van der Waals surface area (Å²) < 4.78 is 42.6. The average molecular weight is 447 g/mol. The van der Waals surface area contributed by atoms with E-state index in [2.05, 4.69) is 0 Å². The van der Waals surface area contributed by atoms with Gasteiger partial charge in [0.05, 0.1) is 6.54 Å². The molecule has 0 saturated carbocycles. The first-order valence-corrected chi connectivity index (χ1v) is 11.7. The molecule has 0 spiro atoms. The summed E-state index contributed by atoms with van der Waals surface area (Å²) in [6, 6.07) is 4.30. The Kier molecular flexibility index (Phi) is 7.50. The van der Waals surface area contributed by atoms with E-state index in [9.17, 15) is 17.6 Å². The molecule has 7 nitrogen and oxygen atoms in total. The van der Waals surface area contributed by atoms with Crippen LogP contribution in [0, 0.1) is 5.82 Å². The Labute approximate surface area is 177 Å². The number of amides is 1. The Hall–Kier alpha value is -1.26. The maximum absolute atomic E-state index is 14.0. The molecule has 2 heterocycles.